The predicted molar refractivity (Wildman–Crippen MR) is 273 cm³/mol. The molecular weight excluding hydrogens is 887 g/mol. The maximum absolute atomic E-state index is 4.93. The van der Waals surface area contributed by atoms with E-state index < -0.39 is 20.8 Å². The van der Waals surface area contributed by atoms with Gasteiger partial charge in [0.1, 0.15) is 0 Å². The Balaban J connectivity index is 0.000000166. The van der Waals surface area contributed by atoms with E-state index in [-0.39, 0.29) is 0 Å². The van der Waals surface area contributed by atoms with E-state index in [0.717, 1.165) is 9.52 Å². The van der Waals surface area contributed by atoms with Crippen LogP contribution >= 0.6 is 17.0 Å². The zero-order valence-electron chi connectivity index (χ0n) is 37.5. The molecular formula is C58H64Cl2SiZr. The van der Waals surface area contributed by atoms with Crippen LogP contribution in [0, 0.1) is 10.8 Å². The summed E-state index contributed by atoms with van der Waals surface area (Å²) < 4.78 is 0. The van der Waals surface area contributed by atoms with Gasteiger partial charge >= 0.3 is 37.9 Å². The van der Waals surface area contributed by atoms with Gasteiger partial charge in [0.15, 0.2) is 0 Å². The molecule has 62 heavy (non-hydrogen) atoms. The number of benzene rings is 6. The molecule has 0 heterocycles. The van der Waals surface area contributed by atoms with Crippen molar-refractivity contribution in [1.82, 2.24) is 0 Å². The molecule has 2 aliphatic rings. The summed E-state index contributed by atoms with van der Waals surface area (Å²) in [6.45, 7) is 9.10. The first-order valence-corrected chi connectivity index (χ1v) is 31.6. The summed E-state index contributed by atoms with van der Waals surface area (Å²) in [5.41, 5.74) is 9.51. The molecule has 2 radical (unpaired) electrons. The van der Waals surface area contributed by atoms with Crippen molar-refractivity contribution >= 4 is 69.6 Å². The minimum absolute atomic E-state index is 0.533. The Morgan fingerprint density at radius 1 is 0.484 bits per heavy atom. The molecule has 0 aliphatic heterocycles. The number of rotatable bonds is 8. The van der Waals surface area contributed by atoms with Crippen molar-refractivity contribution in [3.8, 4) is 22.3 Å². The van der Waals surface area contributed by atoms with E-state index in [0.29, 0.717) is 10.8 Å². The van der Waals surface area contributed by atoms with E-state index in [1.54, 1.807) is 0 Å². The van der Waals surface area contributed by atoms with Crippen molar-refractivity contribution in [2.24, 2.45) is 10.8 Å². The van der Waals surface area contributed by atoms with Crippen LogP contribution in [0.2, 0.25) is 13.1 Å². The Bertz CT molecular complexity index is 2450. The van der Waals surface area contributed by atoms with Gasteiger partial charge in [-0.05, 0) is 94.2 Å². The van der Waals surface area contributed by atoms with Gasteiger partial charge in [-0.15, -0.1) is 69.1 Å². The Kier molecular flexibility index (Phi) is 17.0. The summed E-state index contributed by atoms with van der Waals surface area (Å²) in [4.78, 5) is 0. The molecule has 318 valence electrons. The molecule has 0 unspecified atom stereocenters. The van der Waals surface area contributed by atoms with Gasteiger partial charge in [0, 0.05) is 9.52 Å². The van der Waals surface area contributed by atoms with E-state index in [2.05, 4.69) is 173 Å². The van der Waals surface area contributed by atoms with Gasteiger partial charge in [0.05, 0.1) is 0 Å². The number of halogens is 2. The van der Waals surface area contributed by atoms with Gasteiger partial charge in [-0.2, -0.15) is 12.1 Å². The van der Waals surface area contributed by atoms with E-state index >= 15 is 0 Å². The van der Waals surface area contributed by atoms with Crippen LogP contribution in [0.3, 0.4) is 0 Å². The first kappa shape index (κ1) is 46.7. The van der Waals surface area contributed by atoms with Crippen LogP contribution in [0.4, 0.5) is 0 Å². The van der Waals surface area contributed by atoms with Crippen LogP contribution < -0.4 is 0 Å². The Morgan fingerprint density at radius 2 is 0.855 bits per heavy atom. The third kappa shape index (κ3) is 11.3. The molecule has 2 saturated carbocycles. The summed E-state index contributed by atoms with van der Waals surface area (Å²) in [6.07, 6.45) is 19.2. The topological polar surface area (TPSA) is 0 Å². The monoisotopic (exact) mass is 948 g/mol. The van der Waals surface area contributed by atoms with E-state index in [4.69, 9.17) is 17.0 Å². The molecule has 0 spiro atoms. The molecule has 0 bridgehead atoms. The molecule has 4 heteroatoms. The van der Waals surface area contributed by atoms with Crippen LogP contribution in [-0.4, -0.2) is 9.52 Å². The standard InChI is InChI=1S/2C28H29.C2H6Si.2ClH.Zr/c2*1-2-28(15-6-3-7-16-28)20-21-17-24-11-8-12-26(27(24)18-21)25-14-13-22-9-4-5-10-23(22)19-25;1-3-2;;;/h2*4-5,8-14,17-19H,2-3,6-7,15-16,20H2,1H3;1-2H3;2*1H;/q2*-1;;;;+4/p-2. The van der Waals surface area contributed by atoms with Crippen LogP contribution in [0.15, 0.2) is 146 Å². The molecule has 8 aromatic rings. The molecule has 0 amide bonds. The molecule has 10 rings (SSSR count). The first-order chi connectivity index (χ1) is 30.4. The summed E-state index contributed by atoms with van der Waals surface area (Å²) >= 11 is -0.826. The summed E-state index contributed by atoms with van der Waals surface area (Å²) in [6, 6.07) is 54.4. The fourth-order valence-corrected chi connectivity index (χ4v) is 10.8. The fraction of sp³-hybridized carbons (Fsp3) is 0.345. The molecule has 0 aromatic heterocycles. The SMILES string of the molecule is CCC1(Cc2cc3c(-c4ccc5ccccc5c4)cccc3[cH-]2)CCCCC1.CCC1(Cc2cc3c(-c4ccc5ccccc5c4)cccc3[cH-]2)CCCCC1.C[Si]C.[Cl][Zr+2][Cl]. The second-order valence-electron chi connectivity index (χ2n) is 18.2. The third-order valence-corrected chi connectivity index (χ3v) is 14.2. The maximum atomic E-state index is 4.93. The quantitative estimate of drug-likeness (QED) is 0.105. The van der Waals surface area contributed by atoms with Gasteiger partial charge in [0.2, 0.25) is 0 Å². The Labute approximate surface area is 394 Å². The summed E-state index contributed by atoms with van der Waals surface area (Å²) in [5, 5.41) is 10.9. The van der Waals surface area contributed by atoms with Crippen LogP contribution in [0.5, 0.6) is 0 Å². The summed E-state index contributed by atoms with van der Waals surface area (Å²) in [5.74, 6) is 0. The van der Waals surface area contributed by atoms with E-state index in [1.165, 1.54) is 166 Å². The fourth-order valence-electron chi connectivity index (χ4n) is 10.8. The van der Waals surface area contributed by atoms with Crippen molar-refractivity contribution in [2.75, 3.05) is 0 Å². The summed E-state index contributed by atoms with van der Waals surface area (Å²) in [7, 11) is 11.0. The van der Waals surface area contributed by atoms with Crippen molar-refractivity contribution in [3.63, 3.8) is 0 Å². The van der Waals surface area contributed by atoms with E-state index in [1.807, 2.05) is 0 Å². The molecule has 2 aliphatic carbocycles. The zero-order valence-corrected chi connectivity index (χ0v) is 42.5. The van der Waals surface area contributed by atoms with Crippen LogP contribution in [0.25, 0.3) is 65.3 Å². The Hall–Kier alpha value is -3.26. The van der Waals surface area contributed by atoms with Gasteiger partial charge in [-0.1, -0.05) is 174 Å². The van der Waals surface area contributed by atoms with Gasteiger partial charge < -0.3 is 0 Å². The first-order valence-electron chi connectivity index (χ1n) is 23.3. The molecule has 0 atom stereocenters. The molecule has 2 fully saturated rings. The Morgan fingerprint density at radius 3 is 1.23 bits per heavy atom. The second kappa shape index (κ2) is 22.6. The van der Waals surface area contributed by atoms with Gasteiger partial charge in [-0.25, -0.2) is 0 Å². The number of hydrogen-bond donors (Lipinski definition) is 0. The average Bonchev–Trinajstić information content (AvgIpc) is 3.93. The van der Waals surface area contributed by atoms with Gasteiger partial charge in [0.25, 0.3) is 0 Å². The van der Waals surface area contributed by atoms with Crippen molar-refractivity contribution < 1.29 is 20.8 Å². The molecule has 0 N–H and O–H groups in total. The van der Waals surface area contributed by atoms with Gasteiger partial charge in [-0.3, -0.25) is 0 Å². The normalized spacial score (nSPS) is 15.5. The van der Waals surface area contributed by atoms with E-state index in [9.17, 15) is 0 Å². The molecule has 0 nitrogen and oxygen atoms in total. The van der Waals surface area contributed by atoms with Crippen LogP contribution in [0.1, 0.15) is 102 Å². The molecule has 0 saturated heterocycles. The zero-order chi connectivity index (χ0) is 43.4. The second-order valence-corrected chi connectivity index (χ2v) is 23.0. The molecule has 8 aromatic carbocycles. The number of fused-ring (bicyclic) bond motifs is 4. The van der Waals surface area contributed by atoms with Crippen molar-refractivity contribution in [2.45, 2.75) is 117 Å². The minimum atomic E-state index is -0.826. The number of hydrogen-bond acceptors (Lipinski definition) is 0. The average molecular weight is 951 g/mol. The predicted octanol–water partition coefficient (Wildman–Crippen LogP) is 18.7. The van der Waals surface area contributed by atoms with Crippen molar-refractivity contribution in [3.05, 3.63) is 157 Å². The van der Waals surface area contributed by atoms with Crippen LogP contribution in [-0.2, 0) is 33.7 Å². The third-order valence-electron chi connectivity index (χ3n) is 14.2. The van der Waals surface area contributed by atoms with Crippen molar-refractivity contribution in [1.29, 1.82) is 0 Å².